The molecule has 0 saturated carbocycles. The molecule has 0 aliphatic carbocycles. The fourth-order valence-electron chi connectivity index (χ4n) is 2.78. The molecule has 0 saturated heterocycles. The molecule has 6 nitrogen and oxygen atoms in total. The number of fused-ring (bicyclic) bond motifs is 1. The maximum absolute atomic E-state index is 12.6. The molecule has 0 aliphatic rings. The van der Waals surface area contributed by atoms with Gasteiger partial charge in [-0.25, -0.2) is 9.67 Å². The summed E-state index contributed by atoms with van der Waals surface area (Å²) < 4.78 is 2.01. The molecule has 0 atom stereocenters. The first kappa shape index (κ1) is 18.3. The van der Waals surface area contributed by atoms with E-state index in [9.17, 15) is 9.59 Å². The zero-order chi connectivity index (χ0) is 18.8. The lowest BCUT2D eigenvalue weighted by Gasteiger charge is -2.10. The van der Waals surface area contributed by atoms with Gasteiger partial charge in [0.25, 0.3) is 5.56 Å². The number of hydrogen-bond acceptors (Lipinski definition) is 5. The molecule has 2 heterocycles. The number of hydrogen-bond donors (Lipinski definition) is 1. The summed E-state index contributed by atoms with van der Waals surface area (Å²) in [5, 5.41) is 8.06. The fourth-order valence-corrected chi connectivity index (χ4v) is 3.72. The van der Waals surface area contributed by atoms with E-state index in [1.807, 2.05) is 39.8 Å². The van der Waals surface area contributed by atoms with Crippen molar-refractivity contribution in [2.75, 3.05) is 0 Å². The van der Waals surface area contributed by atoms with Crippen LogP contribution in [0.2, 0.25) is 0 Å². The number of nitrogens with one attached hydrogen (secondary N) is 1. The van der Waals surface area contributed by atoms with Crippen molar-refractivity contribution >= 4 is 27.5 Å². The Morgan fingerprint density at radius 2 is 2.04 bits per heavy atom. The molecule has 0 spiro atoms. The molecule has 7 heteroatoms. The Hall–Kier alpha value is -2.54. The van der Waals surface area contributed by atoms with Crippen molar-refractivity contribution < 1.29 is 4.79 Å². The third-order valence-electron chi connectivity index (χ3n) is 4.28. The molecule has 1 N–H and O–H groups in total. The highest BCUT2D eigenvalue weighted by atomic mass is 32.1. The summed E-state index contributed by atoms with van der Waals surface area (Å²) in [5.41, 5.74) is 4.15. The minimum absolute atomic E-state index is 0.112. The van der Waals surface area contributed by atoms with Crippen LogP contribution in [0.25, 0.3) is 10.2 Å². The van der Waals surface area contributed by atoms with Crippen LogP contribution in [0.1, 0.15) is 34.3 Å². The van der Waals surface area contributed by atoms with Gasteiger partial charge >= 0.3 is 0 Å². The number of aryl methyl sites for hydroxylation is 4. The van der Waals surface area contributed by atoms with Crippen molar-refractivity contribution in [3.8, 4) is 0 Å². The second kappa shape index (κ2) is 7.37. The molecule has 3 rings (SSSR count). The van der Waals surface area contributed by atoms with E-state index in [0.29, 0.717) is 12.1 Å². The lowest BCUT2D eigenvalue weighted by Crippen LogP contribution is -2.34. The molecule has 3 aromatic rings. The lowest BCUT2D eigenvalue weighted by molar-refractivity contribution is -0.122. The topological polar surface area (TPSA) is 76.9 Å². The van der Waals surface area contributed by atoms with Crippen molar-refractivity contribution in [1.82, 2.24) is 20.1 Å². The first-order chi connectivity index (χ1) is 12.4. The van der Waals surface area contributed by atoms with Gasteiger partial charge in [-0.15, -0.1) is 11.3 Å². The first-order valence-electron chi connectivity index (χ1n) is 8.59. The van der Waals surface area contributed by atoms with Gasteiger partial charge in [0.05, 0.1) is 15.4 Å². The number of benzene rings is 1. The number of aromatic nitrogens is 3. The van der Waals surface area contributed by atoms with Crippen molar-refractivity contribution in [2.45, 2.75) is 47.2 Å². The van der Waals surface area contributed by atoms with Crippen LogP contribution in [0.3, 0.4) is 0 Å². The third kappa shape index (κ3) is 3.67. The molecule has 0 bridgehead atoms. The Bertz CT molecular complexity index is 1040. The van der Waals surface area contributed by atoms with Crippen molar-refractivity contribution in [3.05, 3.63) is 55.9 Å². The van der Waals surface area contributed by atoms with E-state index in [0.717, 1.165) is 38.5 Å². The normalized spacial score (nSPS) is 11.1. The van der Waals surface area contributed by atoms with Gasteiger partial charge in [0, 0.05) is 6.54 Å². The van der Waals surface area contributed by atoms with Crippen molar-refractivity contribution in [1.29, 1.82) is 0 Å². The minimum atomic E-state index is -0.316. The zero-order valence-corrected chi connectivity index (χ0v) is 16.2. The van der Waals surface area contributed by atoms with Crippen LogP contribution in [0.15, 0.2) is 23.0 Å². The van der Waals surface area contributed by atoms with E-state index in [1.165, 1.54) is 16.0 Å². The molecule has 26 heavy (non-hydrogen) atoms. The number of carbonyl (C=O) groups is 1. The Labute approximate surface area is 155 Å². The molecular weight excluding hydrogens is 348 g/mol. The molecule has 0 aliphatic heterocycles. The Balaban J connectivity index is 1.78. The van der Waals surface area contributed by atoms with E-state index in [-0.39, 0.29) is 18.0 Å². The van der Waals surface area contributed by atoms with Crippen LogP contribution in [-0.4, -0.2) is 20.7 Å². The van der Waals surface area contributed by atoms with Gasteiger partial charge in [0.2, 0.25) is 5.91 Å². The Kier molecular flexibility index (Phi) is 5.18. The minimum Gasteiger partial charge on any atom is -0.350 e. The molecule has 136 valence electrons. The van der Waals surface area contributed by atoms with Crippen molar-refractivity contribution in [2.24, 2.45) is 0 Å². The van der Waals surface area contributed by atoms with Crippen LogP contribution < -0.4 is 10.9 Å². The molecule has 2 aromatic heterocycles. The second-order valence-electron chi connectivity index (χ2n) is 6.39. The Morgan fingerprint density at radius 3 is 2.77 bits per heavy atom. The average molecular weight is 370 g/mol. The van der Waals surface area contributed by atoms with E-state index in [4.69, 9.17) is 0 Å². The summed E-state index contributed by atoms with van der Waals surface area (Å²) in [7, 11) is 0. The summed E-state index contributed by atoms with van der Waals surface area (Å²) in [4.78, 5) is 29.3. The summed E-state index contributed by atoms with van der Waals surface area (Å²) in [6.45, 7) is 8.19. The largest absolute Gasteiger partial charge is 0.350 e. The highest BCUT2D eigenvalue weighted by Gasteiger charge is 2.15. The highest BCUT2D eigenvalue weighted by Crippen LogP contribution is 2.21. The summed E-state index contributed by atoms with van der Waals surface area (Å²) in [6, 6.07) is 6.13. The summed E-state index contributed by atoms with van der Waals surface area (Å²) >= 11 is 1.49. The van der Waals surface area contributed by atoms with Gasteiger partial charge in [-0.05, 0) is 38.3 Å². The maximum Gasteiger partial charge on any atom is 0.294 e. The average Bonchev–Trinajstić information content (AvgIpc) is 3.05. The monoisotopic (exact) mass is 370 g/mol. The van der Waals surface area contributed by atoms with Crippen LogP contribution in [0, 0.1) is 20.8 Å². The smallest absolute Gasteiger partial charge is 0.294 e. The number of thiazole rings is 1. The molecule has 0 fully saturated rings. The van der Waals surface area contributed by atoms with Gasteiger partial charge in [-0.1, -0.05) is 30.7 Å². The summed E-state index contributed by atoms with van der Waals surface area (Å²) in [6.07, 6.45) is 0.772. The number of amides is 1. The quantitative estimate of drug-likeness (QED) is 0.749. The van der Waals surface area contributed by atoms with Gasteiger partial charge in [0.15, 0.2) is 5.52 Å². The van der Waals surface area contributed by atoms with E-state index in [2.05, 4.69) is 21.5 Å². The van der Waals surface area contributed by atoms with E-state index in [1.54, 1.807) is 0 Å². The van der Waals surface area contributed by atoms with Crippen LogP contribution in [0.5, 0.6) is 0 Å². The summed E-state index contributed by atoms with van der Waals surface area (Å²) in [5.74, 6) is -0.245. The van der Waals surface area contributed by atoms with Crippen LogP contribution >= 0.6 is 11.3 Å². The molecule has 1 aromatic carbocycles. The lowest BCUT2D eigenvalue weighted by atomic mass is 10.1. The van der Waals surface area contributed by atoms with Crippen molar-refractivity contribution in [3.63, 3.8) is 0 Å². The first-order valence-corrected chi connectivity index (χ1v) is 9.40. The number of carbonyl (C=O) groups excluding carboxylic acids is 1. The Morgan fingerprint density at radius 1 is 1.27 bits per heavy atom. The molecule has 1 amide bonds. The van der Waals surface area contributed by atoms with Gasteiger partial charge in [-0.2, -0.15) is 5.10 Å². The predicted octanol–water partition coefficient (Wildman–Crippen LogP) is 2.66. The van der Waals surface area contributed by atoms with Gasteiger partial charge in [0.1, 0.15) is 6.54 Å². The maximum atomic E-state index is 12.6. The number of nitrogens with zero attached hydrogens (tertiary/aromatic N) is 3. The molecule has 0 unspecified atom stereocenters. The van der Waals surface area contributed by atoms with Gasteiger partial charge < -0.3 is 5.32 Å². The SMILES string of the molecule is CCc1nc2c(=O)n(CC(=O)NCc3cc(C)ccc3C)nc(C)c2s1. The van der Waals surface area contributed by atoms with Crippen LogP contribution in [0.4, 0.5) is 0 Å². The zero-order valence-electron chi connectivity index (χ0n) is 15.4. The second-order valence-corrected chi connectivity index (χ2v) is 7.48. The molecular formula is C19H22N4O2S. The number of rotatable bonds is 5. The molecule has 0 radical (unpaired) electrons. The van der Waals surface area contributed by atoms with Gasteiger partial charge in [-0.3, -0.25) is 9.59 Å². The van der Waals surface area contributed by atoms with E-state index >= 15 is 0 Å². The highest BCUT2D eigenvalue weighted by molar-refractivity contribution is 7.18. The van der Waals surface area contributed by atoms with E-state index < -0.39 is 0 Å². The fraction of sp³-hybridized carbons (Fsp3) is 0.368. The predicted molar refractivity (Wildman–Crippen MR) is 104 cm³/mol. The van der Waals surface area contributed by atoms with Crippen LogP contribution in [-0.2, 0) is 24.3 Å². The third-order valence-corrected chi connectivity index (χ3v) is 5.59. The standard InChI is InChI=1S/C19H22N4O2S/c1-5-16-21-17-18(26-16)13(4)22-23(19(17)25)10-15(24)20-9-14-8-11(2)6-7-12(14)3/h6-8H,5,9-10H2,1-4H3,(H,20,24).